The lowest BCUT2D eigenvalue weighted by atomic mass is 10.1. The molecule has 3 N–H and O–H groups in total. The minimum Gasteiger partial charge on any atom is -0.497 e. The zero-order valence-corrected chi connectivity index (χ0v) is 25.3. The molecule has 0 radical (unpaired) electrons. The lowest BCUT2D eigenvalue weighted by Crippen LogP contribution is -2.17. The molecule has 0 spiro atoms. The maximum Gasteiger partial charge on any atom is 0.247 e. The van der Waals surface area contributed by atoms with Crippen LogP contribution in [0.1, 0.15) is 6.42 Å². The molecular weight excluding hydrogens is 550 g/mol. The number of aryl methyl sites for hydroxylation is 1. The van der Waals surface area contributed by atoms with Gasteiger partial charge in [-0.1, -0.05) is 6.58 Å². The minimum atomic E-state index is -0.312. The van der Waals surface area contributed by atoms with E-state index in [9.17, 15) is 4.79 Å². The molecule has 2 aromatic carbocycles. The molecule has 3 aromatic heterocycles. The quantitative estimate of drug-likeness (QED) is 0.119. The molecule has 0 saturated carbocycles. The summed E-state index contributed by atoms with van der Waals surface area (Å²) >= 11 is 1.60. The smallest absolute Gasteiger partial charge is 0.247 e. The summed E-state index contributed by atoms with van der Waals surface area (Å²) in [6, 6.07) is 11.7. The third kappa shape index (κ3) is 6.02. The van der Waals surface area contributed by atoms with Gasteiger partial charge in [-0.15, -0.1) is 11.3 Å². The number of hydrogen-bond donors (Lipinski definition) is 3. The maximum absolute atomic E-state index is 12.3. The van der Waals surface area contributed by atoms with Crippen molar-refractivity contribution in [1.29, 1.82) is 0 Å². The molecular formula is C31H35N7O3S. The number of amides is 1. The first-order valence-corrected chi connectivity index (χ1v) is 14.4. The van der Waals surface area contributed by atoms with Crippen molar-refractivity contribution in [1.82, 2.24) is 19.4 Å². The largest absolute Gasteiger partial charge is 0.497 e. The molecule has 11 heteroatoms. The molecule has 3 heterocycles. The molecule has 5 aromatic rings. The van der Waals surface area contributed by atoms with Gasteiger partial charge >= 0.3 is 0 Å². The van der Waals surface area contributed by atoms with E-state index in [4.69, 9.17) is 19.4 Å². The van der Waals surface area contributed by atoms with Crippen molar-refractivity contribution in [2.75, 3.05) is 57.4 Å². The van der Waals surface area contributed by atoms with Gasteiger partial charge in [0.25, 0.3) is 0 Å². The number of hydrogen-bond acceptors (Lipinski definition) is 9. The second kappa shape index (κ2) is 12.5. The van der Waals surface area contributed by atoms with E-state index in [1.807, 2.05) is 56.9 Å². The third-order valence-electron chi connectivity index (χ3n) is 6.88. The van der Waals surface area contributed by atoms with Gasteiger partial charge in [-0.3, -0.25) is 4.79 Å². The fourth-order valence-corrected chi connectivity index (χ4v) is 5.63. The van der Waals surface area contributed by atoms with Crippen LogP contribution in [0.15, 0.2) is 60.6 Å². The highest BCUT2D eigenvalue weighted by Crippen LogP contribution is 2.40. The van der Waals surface area contributed by atoms with Crippen molar-refractivity contribution in [2.24, 2.45) is 7.05 Å². The monoisotopic (exact) mass is 585 g/mol. The Kier molecular flexibility index (Phi) is 8.60. The van der Waals surface area contributed by atoms with Crippen molar-refractivity contribution in [3.63, 3.8) is 0 Å². The number of fused-ring (bicyclic) bond motifs is 2. The van der Waals surface area contributed by atoms with Gasteiger partial charge in [0.05, 0.1) is 52.7 Å². The molecule has 0 unspecified atom stereocenters. The van der Waals surface area contributed by atoms with Crippen LogP contribution >= 0.6 is 11.3 Å². The van der Waals surface area contributed by atoms with Gasteiger partial charge in [0, 0.05) is 42.9 Å². The number of carbonyl (C=O) groups is 1. The molecule has 0 fully saturated rings. The van der Waals surface area contributed by atoms with Crippen LogP contribution in [0.3, 0.4) is 0 Å². The van der Waals surface area contributed by atoms with Crippen molar-refractivity contribution in [3.8, 4) is 22.8 Å². The Morgan fingerprint density at radius 3 is 2.67 bits per heavy atom. The summed E-state index contributed by atoms with van der Waals surface area (Å²) in [4.78, 5) is 24.2. The van der Waals surface area contributed by atoms with Gasteiger partial charge in [0.15, 0.2) is 0 Å². The number of methoxy groups -OCH3 is 2. The number of aromatic nitrogens is 3. The highest BCUT2D eigenvalue weighted by Gasteiger charge is 2.19. The van der Waals surface area contributed by atoms with Crippen LogP contribution in [0.2, 0.25) is 0 Å². The second-order valence-corrected chi connectivity index (χ2v) is 11.0. The standard InChI is InChI=1S/C31H35N7O3S/c1-7-28(39)33-24-16-25(27(41-6)17-23(24)32-12-8-13-37(2)3)35-31-34-22-11-14-42-30(22)29(36-31)21-18-38(4)26-15-19(40-5)9-10-20(21)26/h7,9-11,14-18,32H,1,8,12-13H2,2-6H3,(H,33,39)(H,34,35,36). The Bertz CT molecular complexity index is 1760. The van der Waals surface area contributed by atoms with E-state index in [0.29, 0.717) is 23.1 Å². The molecule has 0 aliphatic rings. The van der Waals surface area contributed by atoms with Crippen molar-refractivity contribution < 1.29 is 14.3 Å². The number of rotatable bonds is 12. The van der Waals surface area contributed by atoms with Crippen LogP contribution in [0.25, 0.3) is 32.4 Å². The first-order chi connectivity index (χ1) is 20.3. The average Bonchev–Trinajstić information content (AvgIpc) is 3.59. The number of nitrogens with zero attached hydrogens (tertiary/aromatic N) is 4. The van der Waals surface area contributed by atoms with Crippen molar-refractivity contribution in [2.45, 2.75) is 6.42 Å². The van der Waals surface area contributed by atoms with E-state index in [0.717, 1.165) is 63.3 Å². The normalized spacial score (nSPS) is 11.2. The fourth-order valence-electron chi connectivity index (χ4n) is 4.80. The molecule has 0 aliphatic heterocycles. The van der Waals surface area contributed by atoms with Crippen LogP contribution in [0.5, 0.6) is 11.5 Å². The predicted molar refractivity (Wildman–Crippen MR) is 173 cm³/mol. The van der Waals surface area contributed by atoms with Gasteiger partial charge in [0.1, 0.15) is 11.5 Å². The summed E-state index contributed by atoms with van der Waals surface area (Å²) < 4.78 is 14.3. The number of thiophene rings is 1. The fraction of sp³-hybridized carbons (Fsp3) is 0.258. The lowest BCUT2D eigenvalue weighted by molar-refractivity contribution is -0.111. The van der Waals surface area contributed by atoms with E-state index in [1.165, 1.54) is 6.08 Å². The number of benzene rings is 2. The highest BCUT2D eigenvalue weighted by molar-refractivity contribution is 7.17. The summed E-state index contributed by atoms with van der Waals surface area (Å²) in [7, 11) is 9.36. The zero-order valence-electron chi connectivity index (χ0n) is 24.4. The Hall–Kier alpha value is -4.61. The van der Waals surface area contributed by atoms with Crippen molar-refractivity contribution in [3.05, 3.63) is 60.6 Å². The first kappa shape index (κ1) is 28.9. The molecule has 10 nitrogen and oxygen atoms in total. The van der Waals surface area contributed by atoms with Gasteiger partial charge in [-0.05, 0) is 62.8 Å². The van der Waals surface area contributed by atoms with E-state index in [-0.39, 0.29) is 5.91 Å². The summed E-state index contributed by atoms with van der Waals surface area (Å²) in [6.07, 6.45) is 4.25. The summed E-state index contributed by atoms with van der Waals surface area (Å²) in [5.41, 5.74) is 5.64. The Morgan fingerprint density at radius 2 is 1.93 bits per heavy atom. The number of ether oxygens (including phenoxy) is 2. The van der Waals surface area contributed by atoms with Gasteiger partial charge in [-0.2, -0.15) is 0 Å². The lowest BCUT2D eigenvalue weighted by Gasteiger charge is -2.18. The SMILES string of the molecule is C=CC(=O)Nc1cc(Nc2nc(-c3cn(C)c4cc(OC)ccc34)c3sccc3n2)c(OC)cc1NCCCN(C)C. The summed E-state index contributed by atoms with van der Waals surface area (Å²) in [6.45, 7) is 5.26. The van der Waals surface area contributed by atoms with E-state index in [2.05, 4.69) is 44.3 Å². The minimum absolute atomic E-state index is 0.312. The topological polar surface area (TPSA) is 106 Å². The highest BCUT2D eigenvalue weighted by atomic mass is 32.1. The molecule has 5 rings (SSSR count). The molecule has 0 aliphatic carbocycles. The van der Waals surface area contributed by atoms with Gasteiger partial charge < -0.3 is 34.9 Å². The van der Waals surface area contributed by atoms with Gasteiger partial charge in [-0.25, -0.2) is 9.97 Å². The first-order valence-electron chi connectivity index (χ1n) is 13.5. The predicted octanol–water partition coefficient (Wildman–Crippen LogP) is 6.10. The zero-order chi connectivity index (χ0) is 29.8. The molecule has 218 valence electrons. The Labute approximate surface area is 249 Å². The maximum atomic E-state index is 12.3. The number of carbonyl (C=O) groups excluding carboxylic acids is 1. The molecule has 1 amide bonds. The molecule has 0 saturated heterocycles. The second-order valence-electron chi connectivity index (χ2n) is 10.1. The Morgan fingerprint density at radius 1 is 1.10 bits per heavy atom. The van der Waals surface area contributed by atoms with Crippen LogP contribution < -0.4 is 25.4 Å². The summed E-state index contributed by atoms with van der Waals surface area (Å²) in [5, 5.41) is 12.8. The third-order valence-corrected chi connectivity index (χ3v) is 7.79. The van der Waals surface area contributed by atoms with Crippen LogP contribution in [0.4, 0.5) is 23.0 Å². The van der Waals surface area contributed by atoms with Crippen LogP contribution in [-0.2, 0) is 11.8 Å². The Balaban J connectivity index is 1.55. The van der Waals surface area contributed by atoms with E-state index < -0.39 is 0 Å². The van der Waals surface area contributed by atoms with Crippen molar-refractivity contribution >= 4 is 61.4 Å². The summed E-state index contributed by atoms with van der Waals surface area (Å²) in [5.74, 6) is 1.47. The number of nitrogens with one attached hydrogen (secondary N) is 3. The molecule has 42 heavy (non-hydrogen) atoms. The number of anilines is 4. The van der Waals surface area contributed by atoms with E-state index in [1.54, 1.807) is 25.6 Å². The molecule has 0 atom stereocenters. The van der Waals surface area contributed by atoms with Crippen LogP contribution in [-0.4, -0.2) is 66.7 Å². The average molecular weight is 586 g/mol. The van der Waals surface area contributed by atoms with Crippen LogP contribution in [0, 0.1) is 0 Å². The van der Waals surface area contributed by atoms with Gasteiger partial charge in [0.2, 0.25) is 11.9 Å². The molecule has 0 bridgehead atoms. The van der Waals surface area contributed by atoms with E-state index >= 15 is 0 Å².